The van der Waals surface area contributed by atoms with Gasteiger partial charge >= 0.3 is 5.97 Å². The van der Waals surface area contributed by atoms with Crippen LogP contribution in [0.3, 0.4) is 0 Å². The predicted octanol–water partition coefficient (Wildman–Crippen LogP) is 1.79. The fourth-order valence-corrected chi connectivity index (χ4v) is 1.32. The maximum atomic E-state index is 10.8. The monoisotopic (exact) mass is 228 g/mol. The van der Waals surface area contributed by atoms with Gasteiger partial charge in [0.2, 0.25) is 0 Å². The number of benzene rings is 1. The SMILES string of the molecule is O=C(CCl)OCc1ccc2c(c1)OOC2. The van der Waals surface area contributed by atoms with Crippen molar-refractivity contribution < 1.29 is 19.3 Å². The Morgan fingerprint density at radius 2 is 2.40 bits per heavy atom. The molecule has 0 N–H and O–H groups in total. The van der Waals surface area contributed by atoms with E-state index in [1.807, 2.05) is 12.1 Å². The number of alkyl halides is 1. The van der Waals surface area contributed by atoms with Crippen molar-refractivity contribution in [2.45, 2.75) is 13.2 Å². The van der Waals surface area contributed by atoms with E-state index in [0.29, 0.717) is 12.4 Å². The third-order valence-corrected chi connectivity index (χ3v) is 2.22. The topological polar surface area (TPSA) is 44.8 Å². The number of ether oxygens (including phenoxy) is 1. The van der Waals surface area contributed by atoms with Crippen LogP contribution in [-0.2, 0) is 27.6 Å². The summed E-state index contributed by atoms with van der Waals surface area (Å²) < 4.78 is 4.87. The van der Waals surface area contributed by atoms with E-state index in [1.165, 1.54) is 0 Å². The number of rotatable bonds is 3. The maximum Gasteiger partial charge on any atom is 0.321 e. The van der Waals surface area contributed by atoms with E-state index >= 15 is 0 Å². The molecule has 1 aromatic rings. The molecule has 0 bridgehead atoms. The molecule has 1 aromatic carbocycles. The van der Waals surface area contributed by atoms with Gasteiger partial charge < -0.3 is 9.62 Å². The second-order valence-corrected chi connectivity index (χ2v) is 3.35. The van der Waals surface area contributed by atoms with Crippen LogP contribution in [0.15, 0.2) is 18.2 Å². The van der Waals surface area contributed by atoms with Crippen molar-refractivity contribution in [3.05, 3.63) is 29.3 Å². The average molecular weight is 229 g/mol. The molecular weight excluding hydrogens is 220 g/mol. The van der Waals surface area contributed by atoms with Gasteiger partial charge in [0, 0.05) is 5.56 Å². The summed E-state index contributed by atoms with van der Waals surface area (Å²) in [5.41, 5.74) is 1.83. The zero-order chi connectivity index (χ0) is 10.7. The number of hydrogen-bond donors (Lipinski definition) is 0. The van der Waals surface area contributed by atoms with Crippen LogP contribution < -0.4 is 4.89 Å². The first kappa shape index (κ1) is 10.3. The van der Waals surface area contributed by atoms with Crippen LogP contribution in [0.25, 0.3) is 0 Å². The first-order valence-corrected chi connectivity index (χ1v) is 4.96. The van der Waals surface area contributed by atoms with Crippen LogP contribution in [0.2, 0.25) is 0 Å². The molecule has 1 heterocycles. The molecule has 0 unspecified atom stereocenters. The van der Waals surface area contributed by atoms with Crippen LogP contribution in [-0.4, -0.2) is 11.8 Å². The highest BCUT2D eigenvalue weighted by Gasteiger charge is 2.14. The van der Waals surface area contributed by atoms with Gasteiger partial charge in [-0.15, -0.1) is 11.6 Å². The largest absolute Gasteiger partial charge is 0.460 e. The molecule has 0 aliphatic carbocycles. The van der Waals surface area contributed by atoms with E-state index in [0.717, 1.165) is 11.1 Å². The van der Waals surface area contributed by atoms with Gasteiger partial charge in [-0.05, 0) is 11.6 Å². The molecule has 15 heavy (non-hydrogen) atoms. The third kappa shape index (κ3) is 2.40. The minimum atomic E-state index is -0.436. The number of halogens is 1. The molecule has 80 valence electrons. The molecule has 5 heteroatoms. The lowest BCUT2D eigenvalue weighted by Gasteiger charge is -2.03. The molecule has 0 saturated heterocycles. The molecular formula is C10H9ClO4. The number of carbonyl (C=O) groups is 1. The van der Waals surface area contributed by atoms with Crippen LogP contribution >= 0.6 is 11.6 Å². The van der Waals surface area contributed by atoms with Crippen molar-refractivity contribution in [2.75, 3.05) is 5.88 Å². The van der Waals surface area contributed by atoms with E-state index in [2.05, 4.69) is 0 Å². The second-order valence-electron chi connectivity index (χ2n) is 3.08. The Morgan fingerprint density at radius 3 is 3.20 bits per heavy atom. The number of esters is 1. The van der Waals surface area contributed by atoms with Gasteiger partial charge in [0.05, 0.1) is 0 Å². The Hall–Kier alpha value is -1.26. The third-order valence-electron chi connectivity index (χ3n) is 2.00. The summed E-state index contributed by atoms with van der Waals surface area (Å²) in [5, 5.41) is 0. The molecule has 0 aromatic heterocycles. The maximum absolute atomic E-state index is 10.8. The Balaban J connectivity index is 2.01. The lowest BCUT2D eigenvalue weighted by molar-refractivity contribution is -0.194. The van der Waals surface area contributed by atoms with Crippen molar-refractivity contribution in [1.82, 2.24) is 0 Å². The summed E-state index contributed by atoms with van der Waals surface area (Å²) in [6, 6.07) is 5.52. The lowest BCUT2D eigenvalue weighted by atomic mass is 10.1. The molecule has 4 nitrogen and oxygen atoms in total. The number of fused-ring (bicyclic) bond motifs is 1. The fourth-order valence-electron chi connectivity index (χ4n) is 1.24. The van der Waals surface area contributed by atoms with E-state index < -0.39 is 5.97 Å². The quantitative estimate of drug-likeness (QED) is 0.450. The van der Waals surface area contributed by atoms with Gasteiger partial charge in [0.15, 0.2) is 5.75 Å². The van der Waals surface area contributed by atoms with Crippen LogP contribution in [0.1, 0.15) is 11.1 Å². The smallest absolute Gasteiger partial charge is 0.321 e. The van der Waals surface area contributed by atoms with E-state index in [9.17, 15) is 4.79 Å². The normalized spacial score (nSPS) is 13.1. The van der Waals surface area contributed by atoms with E-state index in [1.54, 1.807) is 6.07 Å². The number of carbonyl (C=O) groups excluding carboxylic acids is 1. The van der Waals surface area contributed by atoms with Gasteiger partial charge in [-0.3, -0.25) is 4.79 Å². The Morgan fingerprint density at radius 1 is 1.53 bits per heavy atom. The molecule has 1 aliphatic heterocycles. The van der Waals surface area contributed by atoms with Crippen molar-refractivity contribution in [2.24, 2.45) is 0 Å². The molecule has 0 radical (unpaired) electrons. The highest BCUT2D eigenvalue weighted by Crippen LogP contribution is 2.27. The zero-order valence-electron chi connectivity index (χ0n) is 7.86. The first-order valence-electron chi connectivity index (χ1n) is 4.42. The summed E-state index contributed by atoms with van der Waals surface area (Å²) in [6.07, 6.45) is 0. The standard InChI is InChI=1S/C10H9ClO4/c11-4-10(12)13-5-7-1-2-8-6-14-15-9(8)3-7/h1-3H,4-6H2. The summed E-state index contributed by atoms with van der Waals surface area (Å²) in [5.74, 6) is 0.105. The molecule has 0 amide bonds. The molecule has 0 saturated carbocycles. The van der Waals surface area contributed by atoms with Gasteiger partial charge in [0.25, 0.3) is 0 Å². The summed E-state index contributed by atoms with van der Waals surface area (Å²) in [7, 11) is 0. The Labute approximate surface area is 91.6 Å². The Bertz CT molecular complexity index is 378. The minimum Gasteiger partial charge on any atom is -0.460 e. The van der Waals surface area contributed by atoms with Crippen LogP contribution in [0, 0.1) is 0 Å². The molecule has 1 aliphatic rings. The Kier molecular flexibility index (Phi) is 3.08. The first-order chi connectivity index (χ1) is 7.29. The zero-order valence-corrected chi connectivity index (χ0v) is 8.62. The summed E-state index contributed by atoms with van der Waals surface area (Å²) in [4.78, 5) is 20.5. The highest BCUT2D eigenvalue weighted by atomic mass is 35.5. The van der Waals surface area contributed by atoms with Crippen molar-refractivity contribution in [3.63, 3.8) is 0 Å². The van der Waals surface area contributed by atoms with Crippen molar-refractivity contribution in [3.8, 4) is 5.75 Å². The predicted molar refractivity (Wildman–Crippen MR) is 52.4 cm³/mol. The molecule has 2 rings (SSSR count). The van der Waals surface area contributed by atoms with Crippen LogP contribution in [0.5, 0.6) is 5.75 Å². The summed E-state index contributed by atoms with van der Waals surface area (Å²) in [6.45, 7) is 0.652. The van der Waals surface area contributed by atoms with Gasteiger partial charge in [-0.25, -0.2) is 0 Å². The second kappa shape index (κ2) is 4.51. The van der Waals surface area contributed by atoms with Crippen molar-refractivity contribution >= 4 is 17.6 Å². The molecule has 0 spiro atoms. The average Bonchev–Trinajstić information content (AvgIpc) is 2.72. The molecule has 0 atom stereocenters. The van der Waals surface area contributed by atoms with Gasteiger partial charge in [-0.2, -0.15) is 4.89 Å². The fraction of sp³-hybridized carbons (Fsp3) is 0.300. The van der Waals surface area contributed by atoms with Gasteiger partial charge in [0.1, 0.15) is 19.1 Å². The summed E-state index contributed by atoms with van der Waals surface area (Å²) >= 11 is 5.29. The van der Waals surface area contributed by atoms with Gasteiger partial charge in [-0.1, -0.05) is 12.1 Å². The van der Waals surface area contributed by atoms with Crippen LogP contribution in [0.4, 0.5) is 0 Å². The highest BCUT2D eigenvalue weighted by molar-refractivity contribution is 6.26. The van der Waals surface area contributed by atoms with E-state index in [4.69, 9.17) is 26.1 Å². The number of hydrogen-bond acceptors (Lipinski definition) is 4. The minimum absolute atomic E-state index is 0.134. The van der Waals surface area contributed by atoms with Crippen molar-refractivity contribution in [1.29, 1.82) is 0 Å². The molecule has 0 fully saturated rings. The van der Waals surface area contributed by atoms with E-state index in [-0.39, 0.29) is 12.5 Å². The lowest BCUT2D eigenvalue weighted by Crippen LogP contribution is -2.05.